The highest BCUT2D eigenvalue weighted by Gasteiger charge is 2.38. The van der Waals surface area contributed by atoms with Crippen molar-refractivity contribution in [2.24, 2.45) is 5.92 Å². The maximum Gasteiger partial charge on any atom is 0.410 e. The van der Waals surface area contributed by atoms with Crippen LogP contribution in [-0.4, -0.2) is 91.7 Å². The third-order valence-electron chi connectivity index (χ3n) is 5.77. The summed E-state index contributed by atoms with van der Waals surface area (Å²) in [5.74, 6) is 0.720. The van der Waals surface area contributed by atoms with Crippen molar-refractivity contribution in [1.82, 2.24) is 9.80 Å². The number of hydrogen-bond donors (Lipinski definition) is 1. The van der Waals surface area contributed by atoms with Crippen LogP contribution in [0.15, 0.2) is 18.2 Å². The van der Waals surface area contributed by atoms with Crippen molar-refractivity contribution in [3.8, 4) is 11.5 Å². The number of methoxy groups -OCH3 is 2. The molecule has 1 unspecified atom stereocenters. The Labute approximate surface area is 209 Å². The summed E-state index contributed by atoms with van der Waals surface area (Å²) in [6.07, 6.45) is 0.866. The zero-order chi connectivity index (χ0) is 26.2. The molecule has 0 bridgehead atoms. The number of likely N-dealkylation sites (tertiary alicyclic amines) is 1. The summed E-state index contributed by atoms with van der Waals surface area (Å²) in [4.78, 5) is 29.9. The topological polar surface area (TPSA) is 97.8 Å². The molecular weight excluding hydrogens is 452 g/mol. The monoisotopic (exact) mass is 494 g/mol. The van der Waals surface area contributed by atoms with Gasteiger partial charge in [-0.3, -0.25) is 4.79 Å². The lowest BCUT2D eigenvalue weighted by atomic mass is 9.92. The first kappa shape index (κ1) is 28.7. The first-order valence-corrected chi connectivity index (χ1v) is 12.2. The van der Waals surface area contributed by atoms with Crippen LogP contribution in [0.25, 0.3) is 0 Å². The maximum atomic E-state index is 13.7. The molecule has 1 fully saturated rings. The van der Waals surface area contributed by atoms with Crippen LogP contribution in [0, 0.1) is 5.92 Å². The molecule has 1 aromatic carbocycles. The Hall–Kier alpha value is -2.52. The Morgan fingerprint density at radius 2 is 1.86 bits per heavy atom. The van der Waals surface area contributed by atoms with Gasteiger partial charge in [-0.25, -0.2) is 4.79 Å². The quantitative estimate of drug-likeness (QED) is 0.497. The summed E-state index contributed by atoms with van der Waals surface area (Å²) in [5, 5.41) is 9.91. The summed E-state index contributed by atoms with van der Waals surface area (Å²) >= 11 is 0. The molecule has 9 heteroatoms. The Balaban J connectivity index is 2.28. The van der Waals surface area contributed by atoms with Crippen molar-refractivity contribution in [1.29, 1.82) is 0 Å². The number of carbonyl (C=O) groups is 2. The van der Waals surface area contributed by atoms with Crippen LogP contribution in [-0.2, 0) is 9.47 Å². The fourth-order valence-corrected chi connectivity index (χ4v) is 4.26. The van der Waals surface area contributed by atoms with Crippen molar-refractivity contribution in [2.75, 3.05) is 47.1 Å². The summed E-state index contributed by atoms with van der Waals surface area (Å²) in [6.45, 7) is 11.0. The predicted molar refractivity (Wildman–Crippen MR) is 133 cm³/mol. The van der Waals surface area contributed by atoms with Crippen molar-refractivity contribution in [3.05, 3.63) is 23.8 Å². The number of aliphatic hydroxyl groups is 1. The minimum absolute atomic E-state index is 0.0715. The van der Waals surface area contributed by atoms with E-state index >= 15 is 0 Å². The van der Waals surface area contributed by atoms with E-state index in [1.807, 2.05) is 34.6 Å². The van der Waals surface area contributed by atoms with Crippen LogP contribution < -0.4 is 9.47 Å². The van der Waals surface area contributed by atoms with E-state index < -0.39 is 11.7 Å². The first-order chi connectivity index (χ1) is 16.5. The van der Waals surface area contributed by atoms with E-state index in [2.05, 4.69) is 0 Å². The number of hydrogen-bond acceptors (Lipinski definition) is 7. The van der Waals surface area contributed by atoms with Gasteiger partial charge >= 0.3 is 6.09 Å². The smallest absolute Gasteiger partial charge is 0.410 e. The van der Waals surface area contributed by atoms with Gasteiger partial charge in [0.05, 0.1) is 19.8 Å². The SMILES string of the molecule is COCCCOc1cc(C(=O)N(C(C)C)C2C[C@H](CO)CN(C(=O)OC(C)(C)C)C2)ccc1OC. The Bertz CT molecular complexity index is 837. The molecule has 35 heavy (non-hydrogen) atoms. The maximum absolute atomic E-state index is 13.7. The van der Waals surface area contributed by atoms with Crippen LogP contribution >= 0.6 is 0 Å². The average Bonchev–Trinajstić information content (AvgIpc) is 2.80. The van der Waals surface area contributed by atoms with Gasteiger partial charge in [-0.05, 0) is 59.2 Å². The third kappa shape index (κ3) is 8.28. The molecule has 0 aromatic heterocycles. The molecule has 0 saturated carbocycles. The van der Waals surface area contributed by atoms with E-state index in [0.29, 0.717) is 56.2 Å². The zero-order valence-electron chi connectivity index (χ0n) is 22.2. The Morgan fingerprint density at radius 1 is 1.14 bits per heavy atom. The molecular formula is C26H42N2O7. The van der Waals surface area contributed by atoms with Crippen LogP contribution in [0.4, 0.5) is 4.79 Å². The van der Waals surface area contributed by atoms with Gasteiger partial charge in [0.25, 0.3) is 5.91 Å². The molecule has 0 aliphatic carbocycles. The number of nitrogens with zero attached hydrogens (tertiary/aromatic N) is 2. The lowest BCUT2D eigenvalue weighted by Crippen LogP contribution is -2.57. The summed E-state index contributed by atoms with van der Waals surface area (Å²) in [7, 11) is 3.19. The molecule has 0 spiro atoms. The summed E-state index contributed by atoms with van der Waals surface area (Å²) in [5.41, 5.74) is -0.161. The number of aliphatic hydroxyl groups excluding tert-OH is 1. The standard InChI is InChI=1S/C26H42N2O7/c1-18(2)28(21-13-19(17-29)15-27(16-21)25(31)35-26(3,4)5)24(30)20-9-10-22(33-7)23(14-20)34-12-8-11-32-6/h9-10,14,18-19,21,29H,8,11-13,15-17H2,1-7H3/t19-,21?/m0/s1. The van der Waals surface area contributed by atoms with E-state index in [4.69, 9.17) is 18.9 Å². The molecule has 2 atom stereocenters. The third-order valence-corrected chi connectivity index (χ3v) is 5.77. The van der Waals surface area contributed by atoms with Crippen molar-refractivity contribution in [2.45, 2.75) is 65.1 Å². The van der Waals surface area contributed by atoms with Crippen LogP contribution in [0.2, 0.25) is 0 Å². The highest BCUT2D eigenvalue weighted by molar-refractivity contribution is 5.95. The Kier molecular flexibility index (Phi) is 10.6. The fraction of sp³-hybridized carbons (Fsp3) is 0.692. The molecule has 198 valence electrons. The average molecular weight is 495 g/mol. The number of ether oxygens (including phenoxy) is 4. The Morgan fingerprint density at radius 3 is 2.43 bits per heavy atom. The van der Waals surface area contributed by atoms with E-state index in [0.717, 1.165) is 0 Å². The molecule has 1 saturated heterocycles. The lowest BCUT2D eigenvalue weighted by molar-refractivity contribution is -0.00672. The lowest BCUT2D eigenvalue weighted by Gasteiger charge is -2.44. The normalized spacial score (nSPS) is 18.4. The number of benzene rings is 1. The number of carbonyl (C=O) groups excluding carboxylic acids is 2. The molecule has 1 heterocycles. The molecule has 2 rings (SSSR count). The highest BCUT2D eigenvalue weighted by atomic mass is 16.6. The molecule has 2 amide bonds. The van der Waals surface area contributed by atoms with Gasteiger partial charge in [-0.2, -0.15) is 0 Å². The highest BCUT2D eigenvalue weighted by Crippen LogP contribution is 2.31. The van der Waals surface area contributed by atoms with Gasteiger partial charge in [-0.1, -0.05) is 0 Å². The van der Waals surface area contributed by atoms with Crippen molar-refractivity contribution >= 4 is 12.0 Å². The number of amides is 2. The fourth-order valence-electron chi connectivity index (χ4n) is 4.26. The molecule has 1 aliphatic rings. The molecule has 9 nitrogen and oxygen atoms in total. The second kappa shape index (κ2) is 13.0. The first-order valence-electron chi connectivity index (χ1n) is 12.2. The second-order valence-electron chi connectivity index (χ2n) is 10.2. The van der Waals surface area contributed by atoms with Gasteiger partial charge in [0.1, 0.15) is 5.60 Å². The van der Waals surface area contributed by atoms with Gasteiger partial charge in [0.15, 0.2) is 11.5 Å². The molecule has 0 radical (unpaired) electrons. The second-order valence-corrected chi connectivity index (χ2v) is 10.2. The largest absolute Gasteiger partial charge is 0.493 e. The van der Waals surface area contributed by atoms with E-state index in [9.17, 15) is 14.7 Å². The minimum Gasteiger partial charge on any atom is -0.493 e. The zero-order valence-corrected chi connectivity index (χ0v) is 22.2. The van der Waals surface area contributed by atoms with Gasteiger partial charge in [0, 0.05) is 57.4 Å². The van der Waals surface area contributed by atoms with Crippen LogP contribution in [0.5, 0.6) is 11.5 Å². The van der Waals surface area contributed by atoms with Crippen LogP contribution in [0.1, 0.15) is 57.8 Å². The summed E-state index contributed by atoms with van der Waals surface area (Å²) < 4.78 is 21.9. The van der Waals surface area contributed by atoms with Crippen molar-refractivity contribution < 1.29 is 33.6 Å². The molecule has 1 aromatic rings. The predicted octanol–water partition coefficient (Wildman–Crippen LogP) is 3.58. The van der Waals surface area contributed by atoms with E-state index in [1.54, 1.807) is 42.2 Å². The summed E-state index contributed by atoms with van der Waals surface area (Å²) in [6, 6.07) is 4.74. The van der Waals surface area contributed by atoms with Gasteiger partial charge in [0.2, 0.25) is 0 Å². The van der Waals surface area contributed by atoms with Crippen LogP contribution in [0.3, 0.4) is 0 Å². The van der Waals surface area contributed by atoms with Gasteiger partial charge < -0.3 is 33.9 Å². The van der Waals surface area contributed by atoms with E-state index in [1.165, 1.54) is 0 Å². The van der Waals surface area contributed by atoms with Crippen molar-refractivity contribution in [3.63, 3.8) is 0 Å². The molecule has 1 aliphatic heterocycles. The number of rotatable bonds is 10. The van der Waals surface area contributed by atoms with E-state index in [-0.39, 0.29) is 30.5 Å². The minimum atomic E-state index is -0.630. The number of piperidine rings is 1. The molecule has 1 N–H and O–H groups in total. The van der Waals surface area contributed by atoms with Gasteiger partial charge in [-0.15, -0.1) is 0 Å².